The number of halogens is 1. The zero-order valence-electron chi connectivity index (χ0n) is 23.6. The molecule has 5 N–H and O–H groups in total. The maximum absolute atomic E-state index is 13.6. The molecule has 0 unspecified atom stereocenters. The zero-order valence-corrected chi connectivity index (χ0v) is 25.2. The third kappa shape index (κ3) is 9.43. The van der Waals surface area contributed by atoms with Gasteiger partial charge in [0, 0.05) is 13.1 Å². The van der Waals surface area contributed by atoms with Crippen LogP contribution in [-0.4, -0.2) is 68.3 Å². The minimum atomic E-state index is -3.91. The van der Waals surface area contributed by atoms with E-state index in [1.165, 1.54) is 24.0 Å². The summed E-state index contributed by atoms with van der Waals surface area (Å²) in [6, 6.07) is 13.0. The molecule has 0 spiro atoms. The predicted octanol–water partition coefficient (Wildman–Crippen LogP) is 1.72. The van der Waals surface area contributed by atoms with Gasteiger partial charge in [0.2, 0.25) is 17.8 Å². The molecule has 0 bridgehead atoms. The molecule has 0 aromatic heterocycles. The smallest absolute Gasteiger partial charge is 0.329 e. The van der Waals surface area contributed by atoms with E-state index in [4.69, 9.17) is 22.2 Å². The van der Waals surface area contributed by atoms with Crippen LogP contribution in [0, 0.1) is 6.92 Å². The van der Waals surface area contributed by atoms with Crippen LogP contribution in [0.5, 0.6) is 0 Å². The molecule has 12 nitrogen and oxygen atoms in total. The molecule has 42 heavy (non-hydrogen) atoms. The van der Waals surface area contributed by atoms with Gasteiger partial charge in [-0.25, -0.2) is 22.8 Å². The van der Waals surface area contributed by atoms with E-state index >= 15 is 0 Å². The molecule has 1 aliphatic rings. The molecule has 228 valence electrons. The van der Waals surface area contributed by atoms with Crippen LogP contribution in [0.4, 0.5) is 0 Å². The van der Waals surface area contributed by atoms with Crippen LogP contribution in [0.25, 0.3) is 0 Å². The fourth-order valence-electron chi connectivity index (χ4n) is 4.35. The molecule has 1 heterocycles. The largest absolute Gasteiger partial charge is 0.459 e. The molecular formula is C28H37ClN6O6S. The predicted molar refractivity (Wildman–Crippen MR) is 159 cm³/mol. The van der Waals surface area contributed by atoms with Gasteiger partial charge in [-0.2, -0.15) is 0 Å². The number of nitrogens with zero attached hydrogens (tertiary/aromatic N) is 2. The molecule has 0 saturated carbocycles. The van der Waals surface area contributed by atoms with Crippen molar-refractivity contribution in [2.75, 3.05) is 13.1 Å². The van der Waals surface area contributed by atoms with Gasteiger partial charge in [0.05, 0.1) is 10.9 Å². The number of aliphatic imine (C=N–C) groups is 1. The number of carbonyl (C=O) groups excluding carboxylic acids is 3. The van der Waals surface area contributed by atoms with Crippen molar-refractivity contribution in [2.24, 2.45) is 10.7 Å². The first-order valence-electron chi connectivity index (χ1n) is 13.6. The minimum absolute atomic E-state index is 0.0455. The summed E-state index contributed by atoms with van der Waals surface area (Å²) < 4.78 is 32.8. The third-order valence-corrected chi connectivity index (χ3v) is 8.40. The van der Waals surface area contributed by atoms with E-state index in [1.54, 1.807) is 12.1 Å². The molecule has 1 aliphatic heterocycles. The number of nitrogens with one attached hydrogen (secondary N) is 3. The highest BCUT2D eigenvalue weighted by molar-refractivity contribution is 7.90. The van der Waals surface area contributed by atoms with Crippen molar-refractivity contribution in [3.8, 4) is 0 Å². The summed E-state index contributed by atoms with van der Waals surface area (Å²) in [4.78, 5) is 46.9. The van der Waals surface area contributed by atoms with Crippen LogP contribution in [-0.2, 0) is 35.8 Å². The molecule has 1 saturated heterocycles. The van der Waals surface area contributed by atoms with Gasteiger partial charge in [-0.1, -0.05) is 48.0 Å². The number of sulfonamides is 1. The fourth-order valence-corrected chi connectivity index (χ4v) is 5.40. The maximum Gasteiger partial charge on any atom is 0.329 e. The number of esters is 1. The Kier molecular flexibility index (Phi) is 12.1. The number of rotatable bonds is 13. The quantitative estimate of drug-likeness (QED) is 0.0861. The molecule has 0 radical (unpaired) electrons. The Balaban J connectivity index is 1.62. The molecule has 3 rings (SSSR count). The van der Waals surface area contributed by atoms with Crippen LogP contribution >= 0.6 is 11.8 Å². The molecule has 2 amide bonds. The van der Waals surface area contributed by atoms with Crippen LogP contribution in [0.1, 0.15) is 43.7 Å². The Morgan fingerprint density at radius 2 is 1.83 bits per heavy atom. The number of carbonyl (C=O) groups is 3. The molecule has 3 atom stereocenters. The summed E-state index contributed by atoms with van der Waals surface area (Å²) in [5.74, 6) is -1.74. The number of amides is 2. The summed E-state index contributed by atoms with van der Waals surface area (Å²) >= 11 is 5.60. The first-order valence-corrected chi connectivity index (χ1v) is 15.4. The molecule has 0 aliphatic carbocycles. The third-order valence-electron chi connectivity index (χ3n) is 6.71. The average molecular weight is 621 g/mol. The average Bonchev–Trinajstić information content (AvgIpc) is 3.47. The van der Waals surface area contributed by atoms with E-state index in [1.807, 2.05) is 37.3 Å². The number of guanidine groups is 1. The molecular weight excluding hydrogens is 584 g/mol. The Labute approximate surface area is 251 Å². The highest BCUT2D eigenvalue weighted by atomic mass is 35.5. The van der Waals surface area contributed by atoms with Gasteiger partial charge in [0.1, 0.15) is 18.7 Å². The number of hydrogen-bond donors (Lipinski definition) is 4. The summed E-state index contributed by atoms with van der Waals surface area (Å²) in [6.07, 6.45) is 1.49. The van der Waals surface area contributed by atoms with E-state index < -0.39 is 45.9 Å². The summed E-state index contributed by atoms with van der Waals surface area (Å²) in [5.41, 5.74) is 7.54. The van der Waals surface area contributed by atoms with Gasteiger partial charge in [-0.15, -0.1) is 0 Å². The van der Waals surface area contributed by atoms with E-state index in [-0.39, 0.29) is 36.8 Å². The van der Waals surface area contributed by atoms with E-state index in [0.29, 0.717) is 19.4 Å². The standard InChI is InChI=1S/C28H37ClN6O6S/c1-19-12-14-22(15-13-19)42(39,40)34-28(30)31-16-6-10-23(32-25(36)20(2)33-29)26(37)35-17-7-11-24(35)27(38)41-18-21-8-4-3-5-9-21/h3-5,8-9,12-15,20,23-24,33H,6-7,10-11,16-18H2,1-2H3,(H,32,36)(H3,30,31,34)/t20-,23-,24-/m0/s1. The van der Waals surface area contributed by atoms with Crippen LogP contribution in [0.3, 0.4) is 0 Å². The number of likely N-dealkylation sites (tertiary alicyclic amines) is 1. The monoisotopic (exact) mass is 620 g/mol. The van der Waals surface area contributed by atoms with Gasteiger partial charge < -0.3 is 20.7 Å². The van der Waals surface area contributed by atoms with Gasteiger partial charge >= 0.3 is 5.97 Å². The highest BCUT2D eigenvalue weighted by Gasteiger charge is 2.38. The van der Waals surface area contributed by atoms with Crippen molar-refractivity contribution in [2.45, 2.75) is 69.2 Å². The number of hydrogen-bond acceptors (Lipinski definition) is 8. The maximum atomic E-state index is 13.6. The molecule has 2 aromatic rings. The normalized spacial score (nSPS) is 16.9. The first kappa shape index (κ1) is 32.8. The lowest BCUT2D eigenvalue weighted by molar-refractivity contribution is -0.155. The van der Waals surface area contributed by atoms with Crippen molar-refractivity contribution in [1.29, 1.82) is 0 Å². The van der Waals surface area contributed by atoms with E-state index in [2.05, 4.69) is 19.9 Å². The lowest BCUT2D eigenvalue weighted by atomic mass is 10.1. The topological polar surface area (TPSA) is 172 Å². The van der Waals surface area contributed by atoms with Crippen molar-refractivity contribution in [3.05, 3.63) is 65.7 Å². The number of nitrogens with two attached hydrogens (primary N) is 1. The second kappa shape index (κ2) is 15.5. The van der Waals surface area contributed by atoms with Crippen molar-refractivity contribution >= 4 is 45.5 Å². The van der Waals surface area contributed by atoms with E-state index in [9.17, 15) is 22.8 Å². The fraction of sp³-hybridized carbons (Fsp3) is 0.429. The Morgan fingerprint density at radius 1 is 1.14 bits per heavy atom. The highest BCUT2D eigenvalue weighted by Crippen LogP contribution is 2.21. The van der Waals surface area contributed by atoms with Crippen LogP contribution in [0.15, 0.2) is 64.5 Å². The SMILES string of the molecule is Cc1ccc(S(=O)(=O)NC(N)=NCCC[C@H](NC(=O)[C@H](C)NCl)C(=O)N2CCC[C@H]2C(=O)OCc2ccccc2)cc1. The van der Waals surface area contributed by atoms with E-state index in [0.717, 1.165) is 11.1 Å². The van der Waals surface area contributed by atoms with Gasteiger partial charge in [0.15, 0.2) is 0 Å². The van der Waals surface area contributed by atoms with Gasteiger partial charge in [-0.3, -0.25) is 14.6 Å². The number of benzene rings is 2. The Morgan fingerprint density at radius 3 is 2.50 bits per heavy atom. The second-order valence-electron chi connectivity index (χ2n) is 10.0. The van der Waals surface area contributed by atoms with Crippen molar-refractivity contribution < 1.29 is 27.5 Å². The lowest BCUT2D eigenvalue weighted by Gasteiger charge is -2.28. The first-order chi connectivity index (χ1) is 20.0. The summed E-state index contributed by atoms with van der Waals surface area (Å²) in [7, 11) is -3.91. The zero-order chi connectivity index (χ0) is 30.7. The van der Waals surface area contributed by atoms with Crippen molar-refractivity contribution in [1.82, 2.24) is 19.8 Å². The van der Waals surface area contributed by atoms with Gasteiger partial charge in [-0.05, 0) is 69.0 Å². The Bertz CT molecular complexity index is 1360. The van der Waals surface area contributed by atoms with Crippen LogP contribution in [0.2, 0.25) is 0 Å². The molecule has 1 fully saturated rings. The minimum Gasteiger partial charge on any atom is -0.459 e. The molecule has 2 aromatic carbocycles. The second-order valence-corrected chi connectivity index (χ2v) is 11.9. The Hall–Kier alpha value is -3.68. The summed E-state index contributed by atoms with van der Waals surface area (Å²) in [6.45, 7) is 3.88. The van der Waals surface area contributed by atoms with Gasteiger partial charge in [0.25, 0.3) is 10.0 Å². The summed E-state index contributed by atoms with van der Waals surface area (Å²) in [5, 5.41) is 2.69. The van der Waals surface area contributed by atoms with Crippen LogP contribution < -0.4 is 20.6 Å². The number of aryl methyl sites for hydroxylation is 1. The van der Waals surface area contributed by atoms with Crippen molar-refractivity contribution in [3.63, 3.8) is 0 Å². The lowest BCUT2D eigenvalue weighted by Crippen LogP contribution is -2.54. The number of ether oxygens (including phenoxy) is 1. The molecule has 14 heteroatoms.